The molecular formula is C19H23N7O2S. The lowest BCUT2D eigenvalue weighted by Crippen LogP contribution is -2.41. The molecule has 29 heavy (non-hydrogen) atoms. The molecule has 0 bridgehead atoms. The molecule has 0 aliphatic carbocycles. The number of nitrogens with zero attached hydrogens (tertiary/aromatic N) is 6. The van der Waals surface area contributed by atoms with Crippen LogP contribution in [-0.2, 0) is 11.2 Å². The van der Waals surface area contributed by atoms with Crippen molar-refractivity contribution in [2.75, 3.05) is 23.3 Å². The van der Waals surface area contributed by atoms with Gasteiger partial charge < -0.3 is 14.7 Å². The summed E-state index contributed by atoms with van der Waals surface area (Å²) >= 11 is 1.44. The van der Waals surface area contributed by atoms with Crippen LogP contribution in [0.15, 0.2) is 16.1 Å². The molecule has 152 valence electrons. The van der Waals surface area contributed by atoms with Crippen LogP contribution in [0.3, 0.4) is 0 Å². The van der Waals surface area contributed by atoms with Crippen LogP contribution in [0.4, 0.5) is 10.9 Å². The second kappa shape index (κ2) is 8.24. The highest BCUT2D eigenvalue weighted by Gasteiger charge is 2.29. The number of nitrogens with one attached hydrogen (secondary N) is 1. The second-order valence-electron chi connectivity index (χ2n) is 7.09. The lowest BCUT2D eigenvalue weighted by molar-refractivity contribution is -0.120. The Hall–Kier alpha value is -2.88. The molecule has 1 saturated heterocycles. The monoisotopic (exact) mass is 413 g/mol. The van der Waals surface area contributed by atoms with Gasteiger partial charge in [0.1, 0.15) is 17.2 Å². The number of piperidine rings is 1. The highest BCUT2D eigenvalue weighted by atomic mass is 32.1. The summed E-state index contributed by atoms with van der Waals surface area (Å²) in [6.07, 6.45) is 4.12. The number of carbonyl (C=O) groups excluding carboxylic acids is 1. The van der Waals surface area contributed by atoms with Crippen molar-refractivity contribution in [2.24, 2.45) is 5.92 Å². The first-order valence-corrected chi connectivity index (χ1v) is 10.6. The summed E-state index contributed by atoms with van der Waals surface area (Å²) in [5, 5.41) is 9.49. The first-order valence-electron chi connectivity index (χ1n) is 9.68. The van der Waals surface area contributed by atoms with E-state index in [1.165, 1.54) is 11.3 Å². The van der Waals surface area contributed by atoms with Gasteiger partial charge in [0, 0.05) is 31.1 Å². The molecule has 1 amide bonds. The van der Waals surface area contributed by atoms with Gasteiger partial charge in [-0.1, -0.05) is 12.1 Å². The molecule has 0 aromatic carbocycles. The SMILES string of the molecule is CCc1noc(-c2cnc(C)nc2N2CCCC(C(=O)Nc3nc(C)cs3)C2)n1. The maximum atomic E-state index is 12.8. The van der Waals surface area contributed by atoms with Crippen LogP contribution >= 0.6 is 11.3 Å². The zero-order chi connectivity index (χ0) is 20.4. The van der Waals surface area contributed by atoms with E-state index in [0.29, 0.717) is 41.2 Å². The summed E-state index contributed by atoms with van der Waals surface area (Å²) in [5.41, 5.74) is 1.60. The zero-order valence-corrected chi connectivity index (χ0v) is 17.5. The average molecular weight is 414 g/mol. The van der Waals surface area contributed by atoms with Crippen LogP contribution in [0.5, 0.6) is 0 Å². The fourth-order valence-electron chi connectivity index (χ4n) is 3.36. The number of aromatic nitrogens is 5. The van der Waals surface area contributed by atoms with E-state index in [9.17, 15) is 4.79 Å². The lowest BCUT2D eigenvalue weighted by Gasteiger charge is -2.33. The third-order valence-electron chi connectivity index (χ3n) is 4.84. The third kappa shape index (κ3) is 4.26. The molecule has 0 saturated carbocycles. The van der Waals surface area contributed by atoms with E-state index in [1.807, 2.05) is 26.2 Å². The van der Waals surface area contributed by atoms with Gasteiger partial charge in [0.25, 0.3) is 5.89 Å². The summed E-state index contributed by atoms with van der Waals surface area (Å²) in [6, 6.07) is 0. The molecule has 3 aromatic heterocycles. The predicted molar refractivity (Wildman–Crippen MR) is 110 cm³/mol. The molecule has 10 heteroatoms. The Morgan fingerprint density at radius 3 is 2.93 bits per heavy atom. The van der Waals surface area contributed by atoms with Crippen molar-refractivity contribution >= 4 is 28.2 Å². The van der Waals surface area contributed by atoms with E-state index in [1.54, 1.807) is 6.20 Å². The molecule has 0 spiro atoms. The molecule has 1 atom stereocenters. The Labute approximate surface area is 172 Å². The van der Waals surface area contributed by atoms with E-state index in [-0.39, 0.29) is 11.8 Å². The lowest BCUT2D eigenvalue weighted by atomic mass is 9.97. The van der Waals surface area contributed by atoms with E-state index in [4.69, 9.17) is 4.52 Å². The molecule has 1 aliphatic rings. The number of aryl methyl sites for hydroxylation is 3. The summed E-state index contributed by atoms with van der Waals surface area (Å²) < 4.78 is 5.41. The van der Waals surface area contributed by atoms with Crippen LogP contribution in [-0.4, -0.2) is 44.1 Å². The van der Waals surface area contributed by atoms with E-state index in [0.717, 1.165) is 30.9 Å². The Balaban J connectivity index is 1.56. The predicted octanol–water partition coefficient (Wildman–Crippen LogP) is 3.02. The number of hydrogen-bond donors (Lipinski definition) is 1. The van der Waals surface area contributed by atoms with Gasteiger partial charge in [0.05, 0.1) is 11.6 Å². The van der Waals surface area contributed by atoms with Gasteiger partial charge in [-0.15, -0.1) is 11.3 Å². The van der Waals surface area contributed by atoms with Gasteiger partial charge in [-0.25, -0.2) is 15.0 Å². The number of thiazole rings is 1. The first-order chi connectivity index (χ1) is 14.0. The quantitative estimate of drug-likeness (QED) is 0.680. The number of amides is 1. The van der Waals surface area contributed by atoms with Gasteiger partial charge in [-0.2, -0.15) is 4.98 Å². The maximum Gasteiger partial charge on any atom is 0.263 e. The zero-order valence-electron chi connectivity index (χ0n) is 16.7. The van der Waals surface area contributed by atoms with Crippen LogP contribution < -0.4 is 10.2 Å². The summed E-state index contributed by atoms with van der Waals surface area (Å²) in [6.45, 7) is 7.10. The molecule has 0 radical (unpaired) electrons. The maximum absolute atomic E-state index is 12.8. The highest BCUT2D eigenvalue weighted by molar-refractivity contribution is 7.13. The Morgan fingerprint density at radius 1 is 1.34 bits per heavy atom. The molecule has 1 unspecified atom stereocenters. The number of anilines is 2. The fraction of sp³-hybridized carbons (Fsp3) is 0.474. The highest BCUT2D eigenvalue weighted by Crippen LogP contribution is 2.31. The molecule has 3 aromatic rings. The minimum Gasteiger partial charge on any atom is -0.355 e. The topological polar surface area (TPSA) is 110 Å². The van der Waals surface area contributed by atoms with Crippen molar-refractivity contribution in [3.05, 3.63) is 28.9 Å². The van der Waals surface area contributed by atoms with E-state index < -0.39 is 0 Å². The van der Waals surface area contributed by atoms with Crippen LogP contribution in [0, 0.1) is 19.8 Å². The van der Waals surface area contributed by atoms with Gasteiger partial charge in [0.2, 0.25) is 5.91 Å². The first kappa shape index (κ1) is 19.4. The van der Waals surface area contributed by atoms with Gasteiger partial charge in [-0.05, 0) is 26.7 Å². The molecule has 4 heterocycles. The van der Waals surface area contributed by atoms with Crippen LogP contribution in [0.25, 0.3) is 11.5 Å². The minimum atomic E-state index is -0.148. The van der Waals surface area contributed by atoms with E-state index in [2.05, 4.69) is 35.3 Å². The fourth-order valence-corrected chi connectivity index (χ4v) is 4.05. The van der Waals surface area contributed by atoms with Crippen molar-refractivity contribution in [1.82, 2.24) is 25.1 Å². The Bertz CT molecular complexity index is 1020. The summed E-state index contributed by atoms with van der Waals surface area (Å²) in [5.74, 6) is 2.27. The minimum absolute atomic E-state index is 0.0116. The number of rotatable bonds is 5. The van der Waals surface area contributed by atoms with Crippen molar-refractivity contribution in [1.29, 1.82) is 0 Å². The smallest absolute Gasteiger partial charge is 0.263 e. The van der Waals surface area contributed by atoms with Crippen molar-refractivity contribution in [3.8, 4) is 11.5 Å². The Morgan fingerprint density at radius 2 is 2.21 bits per heavy atom. The second-order valence-corrected chi connectivity index (χ2v) is 7.95. The molecule has 1 N–H and O–H groups in total. The Kier molecular flexibility index (Phi) is 5.52. The normalized spacial score (nSPS) is 16.8. The number of carbonyl (C=O) groups is 1. The molecular weight excluding hydrogens is 390 g/mol. The molecule has 9 nitrogen and oxygen atoms in total. The third-order valence-corrected chi connectivity index (χ3v) is 5.72. The summed E-state index contributed by atoms with van der Waals surface area (Å²) in [4.78, 5) is 32.6. The van der Waals surface area contributed by atoms with Gasteiger partial charge in [-0.3, -0.25) is 4.79 Å². The molecule has 4 rings (SSSR count). The van der Waals surface area contributed by atoms with Crippen molar-refractivity contribution in [3.63, 3.8) is 0 Å². The van der Waals surface area contributed by atoms with Crippen LogP contribution in [0.2, 0.25) is 0 Å². The molecule has 1 aliphatic heterocycles. The van der Waals surface area contributed by atoms with E-state index >= 15 is 0 Å². The summed E-state index contributed by atoms with van der Waals surface area (Å²) in [7, 11) is 0. The molecule has 1 fully saturated rings. The van der Waals surface area contributed by atoms with Crippen molar-refractivity contribution < 1.29 is 9.32 Å². The van der Waals surface area contributed by atoms with Crippen LogP contribution in [0.1, 0.15) is 37.1 Å². The standard InChI is InChI=1S/C19H23N7O2S/c1-4-15-23-18(28-25-15)14-8-20-12(3)22-16(14)26-7-5-6-13(9-26)17(27)24-19-21-11(2)10-29-19/h8,10,13H,4-7,9H2,1-3H3,(H,21,24,27). The largest absolute Gasteiger partial charge is 0.355 e. The number of hydrogen-bond acceptors (Lipinski definition) is 9. The van der Waals surface area contributed by atoms with Crippen molar-refractivity contribution in [2.45, 2.75) is 40.0 Å². The van der Waals surface area contributed by atoms with Gasteiger partial charge in [0.15, 0.2) is 11.0 Å². The van der Waals surface area contributed by atoms with Gasteiger partial charge >= 0.3 is 0 Å². The average Bonchev–Trinajstić information content (AvgIpc) is 3.37.